The van der Waals surface area contributed by atoms with E-state index in [0.717, 1.165) is 0 Å². The summed E-state index contributed by atoms with van der Waals surface area (Å²) in [6, 6.07) is 1.75. The molecule has 0 spiro atoms. The first-order chi connectivity index (χ1) is 8.31. The van der Waals surface area contributed by atoms with Gasteiger partial charge in [-0.25, -0.2) is 14.8 Å². The van der Waals surface area contributed by atoms with E-state index < -0.39 is 11.5 Å². The van der Waals surface area contributed by atoms with Crippen LogP contribution in [-0.4, -0.2) is 47.3 Å². The summed E-state index contributed by atoms with van der Waals surface area (Å²) < 4.78 is 4.61. The Morgan fingerprint density at radius 3 is 2.61 bits per heavy atom. The molecule has 0 amide bonds. The highest BCUT2D eigenvalue weighted by Crippen LogP contribution is 2.20. The lowest BCUT2D eigenvalue weighted by Crippen LogP contribution is -2.45. The molecule has 1 aromatic heterocycles. The topological polar surface area (TPSA) is 75.5 Å². The van der Waals surface area contributed by atoms with Gasteiger partial charge < -0.3 is 14.7 Å². The molecule has 1 aromatic rings. The molecule has 0 fully saturated rings. The molecule has 0 saturated heterocycles. The lowest BCUT2D eigenvalue weighted by atomic mass is 10.1. The summed E-state index contributed by atoms with van der Waals surface area (Å²) in [5.74, 6) is 0.0187. The highest BCUT2D eigenvalue weighted by molar-refractivity contribution is 5.85. The predicted molar refractivity (Wildman–Crippen MR) is 67.7 cm³/mol. The monoisotopic (exact) mass is 253 g/mol. The third-order valence-corrected chi connectivity index (χ3v) is 2.85. The molecule has 1 rings (SSSR count). The number of carbonyl (C=O) groups is 1. The van der Waals surface area contributed by atoms with Gasteiger partial charge in [-0.2, -0.15) is 0 Å². The molecule has 0 radical (unpaired) electrons. The second-order valence-electron chi connectivity index (χ2n) is 4.71. The second-order valence-corrected chi connectivity index (χ2v) is 4.71. The molecule has 1 N–H and O–H groups in total. The van der Waals surface area contributed by atoms with Crippen molar-refractivity contribution in [2.24, 2.45) is 0 Å². The van der Waals surface area contributed by atoms with E-state index in [1.54, 1.807) is 24.9 Å². The quantitative estimate of drug-likeness (QED) is 0.799. The van der Waals surface area contributed by atoms with Crippen LogP contribution in [0.5, 0.6) is 0 Å². The van der Waals surface area contributed by atoms with Crippen molar-refractivity contribution in [2.45, 2.75) is 26.3 Å². The predicted octanol–water partition coefficient (Wildman–Crippen LogP) is 0.779. The van der Waals surface area contributed by atoms with Gasteiger partial charge in [-0.1, -0.05) is 0 Å². The van der Waals surface area contributed by atoms with Crippen molar-refractivity contribution in [1.82, 2.24) is 9.97 Å². The van der Waals surface area contributed by atoms with Gasteiger partial charge in [-0.3, -0.25) is 0 Å². The van der Waals surface area contributed by atoms with E-state index in [1.165, 1.54) is 7.11 Å². The number of hydrogen-bond acceptors (Lipinski definition) is 6. The molecule has 1 heterocycles. The highest BCUT2D eigenvalue weighted by Gasteiger charge is 2.25. The van der Waals surface area contributed by atoms with E-state index in [9.17, 15) is 9.90 Å². The van der Waals surface area contributed by atoms with Gasteiger partial charge in [0.15, 0.2) is 0 Å². The largest absolute Gasteiger partial charge is 0.463 e. The number of rotatable bonds is 4. The van der Waals surface area contributed by atoms with E-state index in [1.807, 2.05) is 13.8 Å². The first-order valence-corrected chi connectivity index (χ1v) is 5.60. The van der Waals surface area contributed by atoms with Crippen LogP contribution < -0.4 is 4.90 Å². The van der Waals surface area contributed by atoms with Crippen molar-refractivity contribution in [1.29, 1.82) is 0 Å². The summed E-state index contributed by atoms with van der Waals surface area (Å²) in [7, 11) is 3.09. The minimum absolute atomic E-state index is 0.0214. The molecule has 6 heteroatoms. The van der Waals surface area contributed by atoms with Crippen LogP contribution in [0.2, 0.25) is 0 Å². The Hall–Kier alpha value is -1.69. The zero-order valence-electron chi connectivity index (χ0n) is 11.4. The van der Waals surface area contributed by atoms with Crippen molar-refractivity contribution in [3.8, 4) is 0 Å². The maximum Gasteiger partial charge on any atom is 0.376 e. The normalized spacial score (nSPS) is 11.2. The molecule has 0 saturated carbocycles. The molecule has 0 aliphatic rings. The molecule has 100 valence electrons. The molecule has 0 unspecified atom stereocenters. The van der Waals surface area contributed by atoms with Crippen molar-refractivity contribution in [3.05, 3.63) is 17.6 Å². The molecule has 6 nitrogen and oxygen atoms in total. The van der Waals surface area contributed by atoms with Crippen molar-refractivity contribution in [3.63, 3.8) is 0 Å². The van der Waals surface area contributed by atoms with E-state index >= 15 is 0 Å². The van der Waals surface area contributed by atoms with Gasteiger partial charge in [0.05, 0.1) is 19.3 Å². The number of ether oxygens (including phenoxy) is 1. The number of likely N-dealkylation sites (N-methyl/N-ethyl adjacent to an activating group) is 1. The Kier molecular flexibility index (Phi) is 4.24. The summed E-state index contributed by atoms with van der Waals surface area (Å²) in [5, 5.41) is 9.34. The molecule has 0 aromatic carbocycles. The molecule has 0 bridgehead atoms. The fourth-order valence-corrected chi connectivity index (χ4v) is 1.32. The zero-order chi connectivity index (χ0) is 13.9. The lowest BCUT2D eigenvalue weighted by molar-refractivity contribution is 0.0586. The molecular weight excluding hydrogens is 234 g/mol. The SMILES string of the molecule is COC(=O)c1nc(C)cc(N(C)C(C)(C)CO)n1. The molecular formula is C12H19N3O3. The van der Waals surface area contributed by atoms with Crippen LogP contribution in [0.1, 0.15) is 30.2 Å². The molecule has 0 atom stereocenters. The number of aliphatic hydroxyl groups is 1. The number of hydrogen-bond donors (Lipinski definition) is 1. The van der Waals surface area contributed by atoms with E-state index in [4.69, 9.17) is 0 Å². The summed E-state index contributed by atoms with van der Waals surface area (Å²) in [4.78, 5) is 21.4. The van der Waals surface area contributed by atoms with Crippen molar-refractivity contribution >= 4 is 11.8 Å². The van der Waals surface area contributed by atoms with Crippen LogP contribution in [0.15, 0.2) is 6.07 Å². The zero-order valence-corrected chi connectivity index (χ0v) is 11.4. The molecule has 0 aliphatic heterocycles. The maximum absolute atomic E-state index is 11.4. The van der Waals surface area contributed by atoms with Crippen LogP contribution in [-0.2, 0) is 4.74 Å². The number of carbonyl (C=O) groups excluding carboxylic acids is 1. The van der Waals surface area contributed by atoms with Gasteiger partial charge in [0.2, 0.25) is 5.82 Å². The average molecular weight is 253 g/mol. The van der Waals surface area contributed by atoms with Gasteiger partial charge in [0.1, 0.15) is 5.82 Å². The number of aryl methyl sites for hydroxylation is 1. The Morgan fingerprint density at radius 1 is 1.50 bits per heavy atom. The number of anilines is 1. The minimum Gasteiger partial charge on any atom is -0.463 e. The van der Waals surface area contributed by atoms with E-state index in [0.29, 0.717) is 11.5 Å². The van der Waals surface area contributed by atoms with Crippen LogP contribution >= 0.6 is 0 Å². The number of esters is 1. The lowest BCUT2D eigenvalue weighted by Gasteiger charge is -2.35. The Morgan fingerprint density at radius 2 is 2.11 bits per heavy atom. The summed E-state index contributed by atoms with van der Waals surface area (Å²) >= 11 is 0. The maximum atomic E-state index is 11.4. The summed E-state index contributed by atoms with van der Waals surface area (Å²) in [5.41, 5.74) is 0.190. The highest BCUT2D eigenvalue weighted by atomic mass is 16.5. The first kappa shape index (κ1) is 14.4. The standard InChI is InChI=1S/C12H19N3O3/c1-8-6-9(15(4)12(2,3)7-16)14-10(13-8)11(17)18-5/h6,16H,7H2,1-5H3. The summed E-state index contributed by atoms with van der Waals surface area (Å²) in [6.07, 6.45) is 0. The van der Waals surface area contributed by atoms with Gasteiger partial charge in [-0.15, -0.1) is 0 Å². The number of aromatic nitrogens is 2. The fourth-order valence-electron chi connectivity index (χ4n) is 1.32. The average Bonchev–Trinajstić information content (AvgIpc) is 2.35. The Labute approximate surface area is 107 Å². The third-order valence-electron chi connectivity index (χ3n) is 2.85. The minimum atomic E-state index is -0.574. The second kappa shape index (κ2) is 5.30. The van der Waals surface area contributed by atoms with Crippen LogP contribution in [0.25, 0.3) is 0 Å². The van der Waals surface area contributed by atoms with Gasteiger partial charge in [-0.05, 0) is 20.8 Å². The van der Waals surface area contributed by atoms with Crippen molar-refractivity contribution < 1.29 is 14.6 Å². The third kappa shape index (κ3) is 2.95. The van der Waals surface area contributed by atoms with Gasteiger partial charge in [0.25, 0.3) is 0 Å². The van der Waals surface area contributed by atoms with Crippen LogP contribution in [0.3, 0.4) is 0 Å². The Balaban J connectivity index is 3.18. The number of aliphatic hydroxyl groups excluding tert-OH is 1. The van der Waals surface area contributed by atoms with E-state index in [-0.39, 0.29) is 12.4 Å². The van der Waals surface area contributed by atoms with Gasteiger partial charge in [0, 0.05) is 18.8 Å². The fraction of sp³-hybridized carbons (Fsp3) is 0.583. The van der Waals surface area contributed by atoms with E-state index in [2.05, 4.69) is 14.7 Å². The molecule has 0 aliphatic carbocycles. The van der Waals surface area contributed by atoms with Gasteiger partial charge >= 0.3 is 5.97 Å². The first-order valence-electron chi connectivity index (χ1n) is 5.60. The van der Waals surface area contributed by atoms with Crippen LogP contribution in [0.4, 0.5) is 5.82 Å². The number of methoxy groups -OCH3 is 1. The summed E-state index contributed by atoms with van der Waals surface area (Å²) in [6.45, 7) is 5.50. The molecule has 18 heavy (non-hydrogen) atoms. The van der Waals surface area contributed by atoms with Crippen molar-refractivity contribution in [2.75, 3.05) is 25.7 Å². The van der Waals surface area contributed by atoms with Crippen LogP contribution in [0, 0.1) is 6.92 Å². The Bertz CT molecular complexity index is 446. The smallest absolute Gasteiger partial charge is 0.376 e. The number of nitrogens with zero attached hydrogens (tertiary/aromatic N) is 3.